The topological polar surface area (TPSA) is 86.0 Å². The van der Waals surface area contributed by atoms with Crippen LogP contribution in [0, 0.1) is 0 Å². The summed E-state index contributed by atoms with van der Waals surface area (Å²) >= 11 is 0. The Labute approximate surface area is 136 Å². The summed E-state index contributed by atoms with van der Waals surface area (Å²) < 4.78 is 15.2. The monoisotopic (exact) mass is 323 g/mol. The lowest BCUT2D eigenvalue weighted by atomic mass is 9.95. The molecule has 1 aromatic carbocycles. The SMILES string of the molecule is COC(=O)N1c2ccc(NCC(OC)OC)c(N)c2CC[C@@H]1C. The van der Waals surface area contributed by atoms with Crippen LogP contribution in [0.15, 0.2) is 12.1 Å². The molecule has 0 saturated heterocycles. The van der Waals surface area contributed by atoms with E-state index >= 15 is 0 Å². The molecule has 2 rings (SSSR count). The Kier molecular flexibility index (Phi) is 5.68. The Hall–Kier alpha value is -1.99. The Morgan fingerprint density at radius 2 is 2.09 bits per heavy atom. The van der Waals surface area contributed by atoms with Gasteiger partial charge in [0.1, 0.15) is 0 Å². The molecule has 0 aliphatic carbocycles. The lowest BCUT2D eigenvalue weighted by molar-refractivity contribution is -0.0913. The lowest BCUT2D eigenvalue weighted by Crippen LogP contribution is -2.42. The number of rotatable bonds is 5. The molecule has 1 amide bonds. The van der Waals surface area contributed by atoms with Gasteiger partial charge in [0, 0.05) is 25.8 Å². The van der Waals surface area contributed by atoms with Gasteiger partial charge in [0.2, 0.25) is 0 Å². The zero-order valence-corrected chi connectivity index (χ0v) is 14.1. The van der Waals surface area contributed by atoms with E-state index in [0.717, 1.165) is 29.8 Å². The van der Waals surface area contributed by atoms with Gasteiger partial charge >= 0.3 is 6.09 Å². The van der Waals surface area contributed by atoms with Crippen LogP contribution in [-0.2, 0) is 20.6 Å². The van der Waals surface area contributed by atoms with Crippen LogP contribution in [0.5, 0.6) is 0 Å². The first-order valence-corrected chi connectivity index (χ1v) is 7.61. The number of benzene rings is 1. The molecule has 0 saturated carbocycles. The van der Waals surface area contributed by atoms with E-state index in [9.17, 15) is 4.79 Å². The van der Waals surface area contributed by atoms with E-state index in [1.165, 1.54) is 7.11 Å². The van der Waals surface area contributed by atoms with E-state index in [0.29, 0.717) is 12.2 Å². The molecule has 1 aliphatic rings. The summed E-state index contributed by atoms with van der Waals surface area (Å²) in [6.45, 7) is 2.48. The molecular weight excluding hydrogens is 298 g/mol. The van der Waals surface area contributed by atoms with Crippen LogP contribution in [0.3, 0.4) is 0 Å². The van der Waals surface area contributed by atoms with Crippen LogP contribution in [0.1, 0.15) is 18.9 Å². The fourth-order valence-corrected chi connectivity index (χ4v) is 2.85. The van der Waals surface area contributed by atoms with Gasteiger partial charge in [0.15, 0.2) is 6.29 Å². The van der Waals surface area contributed by atoms with E-state index in [4.69, 9.17) is 19.9 Å². The van der Waals surface area contributed by atoms with Crippen molar-refractivity contribution in [3.8, 4) is 0 Å². The van der Waals surface area contributed by atoms with Crippen LogP contribution < -0.4 is 16.0 Å². The molecule has 7 nitrogen and oxygen atoms in total. The van der Waals surface area contributed by atoms with Crippen LogP contribution in [0.2, 0.25) is 0 Å². The number of hydrogen-bond donors (Lipinski definition) is 2. The number of fused-ring (bicyclic) bond motifs is 1. The summed E-state index contributed by atoms with van der Waals surface area (Å²) in [7, 11) is 4.56. The molecule has 1 aliphatic heterocycles. The van der Waals surface area contributed by atoms with Crippen molar-refractivity contribution in [3.05, 3.63) is 17.7 Å². The smallest absolute Gasteiger partial charge is 0.414 e. The number of methoxy groups -OCH3 is 3. The van der Waals surface area contributed by atoms with Crippen molar-refractivity contribution in [3.63, 3.8) is 0 Å². The summed E-state index contributed by atoms with van der Waals surface area (Å²) in [6, 6.07) is 3.85. The Bertz CT molecular complexity index is 561. The molecule has 128 valence electrons. The molecule has 23 heavy (non-hydrogen) atoms. The highest BCUT2D eigenvalue weighted by Crippen LogP contribution is 2.38. The van der Waals surface area contributed by atoms with Crippen LogP contribution in [0.4, 0.5) is 21.9 Å². The standard InChI is InChI=1S/C16H25N3O4/c1-10-5-6-11-13(19(10)16(20)23-4)8-7-12(15(11)17)18-9-14(21-2)22-3/h7-8,10,14,18H,5-6,9,17H2,1-4H3/t10-/m0/s1. The number of anilines is 3. The number of hydrogen-bond acceptors (Lipinski definition) is 6. The second-order valence-corrected chi connectivity index (χ2v) is 5.53. The van der Waals surface area contributed by atoms with Gasteiger partial charge in [-0.1, -0.05) is 0 Å². The molecule has 0 aromatic heterocycles. The molecule has 0 unspecified atom stereocenters. The zero-order chi connectivity index (χ0) is 17.0. The van der Waals surface area contributed by atoms with Crippen LogP contribution >= 0.6 is 0 Å². The minimum atomic E-state index is -0.364. The largest absolute Gasteiger partial charge is 0.452 e. The van der Waals surface area contributed by atoms with Gasteiger partial charge < -0.3 is 25.3 Å². The molecule has 1 atom stereocenters. The van der Waals surface area contributed by atoms with Gasteiger partial charge in [-0.2, -0.15) is 0 Å². The summed E-state index contributed by atoms with van der Waals surface area (Å²) in [4.78, 5) is 13.7. The fraction of sp³-hybridized carbons (Fsp3) is 0.562. The third-order valence-corrected chi connectivity index (χ3v) is 4.20. The number of nitrogens with zero attached hydrogens (tertiary/aromatic N) is 1. The van der Waals surface area contributed by atoms with Gasteiger partial charge in [-0.05, 0) is 31.9 Å². The molecule has 7 heteroatoms. The predicted molar refractivity (Wildman–Crippen MR) is 89.8 cm³/mol. The van der Waals surface area contributed by atoms with Crippen molar-refractivity contribution in [2.45, 2.75) is 32.1 Å². The fourth-order valence-electron chi connectivity index (χ4n) is 2.85. The van der Waals surface area contributed by atoms with E-state index < -0.39 is 0 Å². The quantitative estimate of drug-likeness (QED) is 0.638. The van der Waals surface area contributed by atoms with Gasteiger partial charge in [-0.25, -0.2) is 4.79 Å². The Morgan fingerprint density at radius 1 is 1.39 bits per heavy atom. The van der Waals surface area contributed by atoms with Crippen molar-refractivity contribution >= 4 is 23.2 Å². The summed E-state index contributed by atoms with van der Waals surface area (Å²) in [5.41, 5.74) is 9.53. The van der Waals surface area contributed by atoms with Gasteiger partial charge in [0.25, 0.3) is 0 Å². The van der Waals surface area contributed by atoms with E-state index in [1.807, 2.05) is 19.1 Å². The normalized spacial score (nSPS) is 17.1. The van der Waals surface area contributed by atoms with Crippen molar-refractivity contribution < 1.29 is 19.0 Å². The van der Waals surface area contributed by atoms with Crippen molar-refractivity contribution in [2.24, 2.45) is 0 Å². The molecule has 0 radical (unpaired) electrons. The second-order valence-electron chi connectivity index (χ2n) is 5.53. The first kappa shape index (κ1) is 17.4. The Balaban J connectivity index is 2.27. The number of carbonyl (C=O) groups is 1. The minimum Gasteiger partial charge on any atom is -0.452 e. The summed E-state index contributed by atoms with van der Waals surface area (Å²) in [5.74, 6) is 0. The molecule has 0 bridgehead atoms. The van der Waals surface area contributed by atoms with E-state index in [1.54, 1.807) is 19.1 Å². The number of nitrogens with one attached hydrogen (secondary N) is 1. The van der Waals surface area contributed by atoms with Crippen LogP contribution in [0.25, 0.3) is 0 Å². The summed E-state index contributed by atoms with van der Waals surface area (Å²) in [5, 5.41) is 3.22. The van der Waals surface area contributed by atoms with E-state index in [2.05, 4.69) is 5.32 Å². The predicted octanol–water partition coefficient (Wildman–Crippen LogP) is 2.21. The highest BCUT2D eigenvalue weighted by atomic mass is 16.7. The van der Waals surface area contributed by atoms with Crippen molar-refractivity contribution in [1.82, 2.24) is 0 Å². The molecule has 1 aromatic rings. The number of nitrogen functional groups attached to an aromatic ring is 1. The minimum absolute atomic E-state index is 0.0829. The Morgan fingerprint density at radius 3 is 2.70 bits per heavy atom. The maximum Gasteiger partial charge on any atom is 0.414 e. The van der Waals surface area contributed by atoms with Crippen molar-refractivity contribution in [1.29, 1.82) is 0 Å². The average Bonchev–Trinajstić information content (AvgIpc) is 2.56. The molecule has 1 heterocycles. The third-order valence-electron chi connectivity index (χ3n) is 4.20. The first-order chi connectivity index (χ1) is 11.0. The molecule has 0 fully saturated rings. The lowest BCUT2D eigenvalue weighted by Gasteiger charge is -2.35. The van der Waals surface area contributed by atoms with Gasteiger partial charge in [-0.3, -0.25) is 4.90 Å². The van der Waals surface area contributed by atoms with Crippen LogP contribution in [-0.4, -0.2) is 46.3 Å². The summed E-state index contributed by atoms with van der Waals surface area (Å²) in [6.07, 6.45) is 0.951. The number of nitrogens with two attached hydrogens (primary N) is 1. The van der Waals surface area contributed by atoms with Gasteiger partial charge in [0.05, 0.1) is 30.7 Å². The number of carbonyl (C=O) groups excluding carboxylic acids is 1. The molecule has 3 N–H and O–H groups in total. The number of amides is 1. The second kappa shape index (κ2) is 7.52. The first-order valence-electron chi connectivity index (χ1n) is 7.61. The average molecular weight is 323 g/mol. The molecule has 0 spiro atoms. The maximum atomic E-state index is 12.0. The van der Waals surface area contributed by atoms with Crippen molar-refractivity contribution in [2.75, 3.05) is 43.8 Å². The molecular formula is C16H25N3O4. The maximum absolute atomic E-state index is 12.0. The van der Waals surface area contributed by atoms with Gasteiger partial charge in [-0.15, -0.1) is 0 Å². The highest BCUT2D eigenvalue weighted by Gasteiger charge is 2.30. The highest BCUT2D eigenvalue weighted by molar-refractivity contribution is 5.93. The third kappa shape index (κ3) is 3.51. The number of ether oxygens (including phenoxy) is 3. The van der Waals surface area contributed by atoms with E-state index in [-0.39, 0.29) is 18.4 Å². The zero-order valence-electron chi connectivity index (χ0n) is 14.1.